The highest BCUT2D eigenvalue weighted by Crippen LogP contribution is 2.12. The van der Waals surface area contributed by atoms with Crippen LogP contribution in [0.2, 0.25) is 0 Å². The van der Waals surface area contributed by atoms with E-state index in [-0.39, 0.29) is 6.54 Å². The molecule has 0 aliphatic carbocycles. The third-order valence-corrected chi connectivity index (χ3v) is 4.13. The topological polar surface area (TPSA) is 93.7 Å². The molecule has 29 heavy (non-hydrogen) atoms. The predicted molar refractivity (Wildman–Crippen MR) is 110 cm³/mol. The molecule has 2 aromatic carbocycles. The van der Waals surface area contributed by atoms with E-state index in [0.29, 0.717) is 23.6 Å². The van der Waals surface area contributed by atoms with E-state index >= 15 is 0 Å². The van der Waals surface area contributed by atoms with Crippen LogP contribution in [0.4, 0.5) is 5.69 Å². The summed E-state index contributed by atoms with van der Waals surface area (Å²) in [5.41, 5.74) is 2.17. The first-order valence-corrected chi connectivity index (χ1v) is 9.53. The van der Waals surface area contributed by atoms with Gasteiger partial charge in [0.05, 0.1) is 6.61 Å². The van der Waals surface area contributed by atoms with Crippen LogP contribution in [0.15, 0.2) is 48.5 Å². The summed E-state index contributed by atoms with van der Waals surface area (Å²) in [6.07, 6.45) is -0.0827. The average Bonchev–Trinajstić information content (AvgIpc) is 2.73. The summed E-state index contributed by atoms with van der Waals surface area (Å²) >= 11 is 0. The second-order valence-corrected chi connectivity index (χ2v) is 6.31. The molecule has 2 amide bonds. The lowest BCUT2D eigenvalue weighted by molar-refractivity contribution is -0.152. The van der Waals surface area contributed by atoms with Gasteiger partial charge < -0.3 is 20.1 Å². The first kappa shape index (κ1) is 21.9. The van der Waals surface area contributed by atoms with Crippen molar-refractivity contribution in [1.29, 1.82) is 0 Å². The van der Waals surface area contributed by atoms with E-state index < -0.39 is 23.9 Å². The minimum absolute atomic E-state index is 0.338. The lowest BCUT2D eigenvalue weighted by Gasteiger charge is -2.14. The van der Waals surface area contributed by atoms with Gasteiger partial charge in [0, 0.05) is 11.3 Å². The first-order chi connectivity index (χ1) is 13.9. The molecule has 0 unspecified atom stereocenters. The Morgan fingerprint density at radius 3 is 2.21 bits per heavy atom. The van der Waals surface area contributed by atoms with Crippen molar-refractivity contribution in [2.75, 3.05) is 18.5 Å². The van der Waals surface area contributed by atoms with Crippen LogP contribution >= 0.6 is 0 Å². The summed E-state index contributed by atoms with van der Waals surface area (Å²) in [7, 11) is 0. The fraction of sp³-hybridized carbons (Fsp3) is 0.318. The lowest BCUT2D eigenvalue weighted by atomic mass is 10.1. The van der Waals surface area contributed by atoms with E-state index in [0.717, 1.165) is 12.0 Å². The number of nitrogens with one attached hydrogen (secondary N) is 2. The van der Waals surface area contributed by atoms with Crippen LogP contribution < -0.4 is 15.4 Å². The van der Waals surface area contributed by atoms with Crippen molar-refractivity contribution in [3.8, 4) is 5.75 Å². The smallest absolute Gasteiger partial charge is 0.326 e. The van der Waals surface area contributed by atoms with E-state index in [1.165, 1.54) is 6.92 Å². The normalized spacial score (nSPS) is 11.3. The Morgan fingerprint density at radius 2 is 1.62 bits per heavy atom. The second kappa shape index (κ2) is 10.8. The van der Waals surface area contributed by atoms with Gasteiger partial charge in [-0.2, -0.15) is 0 Å². The number of hydrogen-bond acceptors (Lipinski definition) is 5. The molecule has 0 aliphatic rings. The van der Waals surface area contributed by atoms with Crippen molar-refractivity contribution in [2.45, 2.75) is 33.3 Å². The molecule has 0 radical (unpaired) electrons. The quantitative estimate of drug-likeness (QED) is 0.634. The molecule has 0 aliphatic heterocycles. The van der Waals surface area contributed by atoms with Crippen molar-refractivity contribution in [3.63, 3.8) is 0 Å². The second-order valence-electron chi connectivity index (χ2n) is 6.31. The highest BCUT2D eigenvalue weighted by atomic mass is 16.5. The number of ether oxygens (including phenoxy) is 2. The van der Waals surface area contributed by atoms with E-state index in [9.17, 15) is 14.4 Å². The Labute approximate surface area is 170 Å². The van der Waals surface area contributed by atoms with Crippen molar-refractivity contribution >= 4 is 23.5 Å². The first-order valence-electron chi connectivity index (χ1n) is 9.53. The van der Waals surface area contributed by atoms with Crippen LogP contribution in [0.3, 0.4) is 0 Å². The molecule has 2 rings (SSSR count). The maximum Gasteiger partial charge on any atom is 0.326 e. The molecule has 154 valence electrons. The fourth-order valence-electron chi connectivity index (χ4n) is 2.48. The Balaban J connectivity index is 1.78. The molecule has 0 saturated carbocycles. The monoisotopic (exact) mass is 398 g/mol. The molecule has 0 spiro atoms. The number of anilines is 1. The van der Waals surface area contributed by atoms with Gasteiger partial charge in [-0.15, -0.1) is 0 Å². The molecule has 0 heterocycles. The Morgan fingerprint density at radius 1 is 0.966 bits per heavy atom. The van der Waals surface area contributed by atoms with Crippen LogP contribution in [0, 0.1) is 0 Å². The molecule has 7 heteroatoms. The molecular formula is C22H26N2O5. The number of rotatable bonds is 9. The average molecular weight is 398 g/mol. The molecule has 0 bridgehead atoms. The minimum Gasteiger partial charge on any atom is -0.494 e. The van der Waals surface area contributed by atoms with Gasteiger partial charge in [0.15, 0.2) is 6.10 Å². The van der Waals surface area contributed by atoms with E-state index in [2.05, 4.69) is 10.6 Å². The minimum atomic E-state index is -0.990. The molecule has 1 atom stereocenters. The van der Waals surface area contributed by atoms with Crippen LogP contribution in [0.5, 0.6) is 5.75 Å². The third kappa shape index (κ3) is 6.95. The predicted octanol–water partition coefficient (Wildman–Crippen LogP) is 2.95. The van der Waals surface area contributed by atoms with Crippen molar-refractivity contribution in [1.82, 2.24) is 5.32 Å². The third-order valence-electron chi connectivity index (χ3n) is 4.13. The Kier molecular flexibility index (Phi) is 8.21. The van der Waals surface area contributed by atoms with Crippen LogP contribution in [-0.2, 0) is 20.7 Å². The maximum atomic E-state index is 12.2. The summed E-state index contributed by atoms with van der Waals surface area (Å²) in [6.45, 7) is 5.59. The largest absolute Gasteiger partial charge is 0.494 e. The van der Waals surface area contributed by atoms with Crippen molar-refractivity contribution in [2.24, 2.45) is 0 Å². The van der Waals surface area contributed by atoms with Crippen LogP contribution in [-0.4, -0.2) is 37.0 Å². The number of carbonyl (C=O) groups excluding carboxylic acids is 3. The standard InChI is InChI=1S/C22H26N2O5/c1-4-16-6-10-18(11-7-16)24-21(26)15(3)29-20(25)14-23-22(27)17-8-12-19(13-9-17)28-5-2/h6-13,15H,4-5,14H2,1-3H3,(H,23,27)(H,24,26)/t15-/m0/s1. The molecule has 2 aromatic rings. The maximum absolute atomic E-state index is 12.2. The van der Waals surface area contributed by atoms with Crippen molar-refractivity contribution in [3.05, 3.63) is 59.7 Å². The SMILES string of the molecule is CCOc1ccc(C(=O)NCC(=O)O[C@@H](C)C(=O)Nc2ccc(CC)cc2)cc1. The van der Waals surface area contributed by atoms with E-state index in [1.54, 1.807) is 36.4 Å². The van der Waals surface area contributed by atoms with Gasteiger partial charge in [-0.25, -0.2) is 0 Å². The highest BCUT2D eigenvalue weighted by molar-refractivity contribution is 5.97. The molecule has 0 fully saturated rings. The molecule has 0 aromatic heterocycles. The fourth-order valence-corrected chi connectivity index (χ4v) is 2.48. The van der Waals surface area contributed by atoms with Crippen molar-refractivity contribution < 1.29 is 23.9 Å². The summed E-state index contributed by atoms with van der Waals surface area (Å²) in [4.78, 5) is 36.2. The number of hydrogen-bond donors (Lipinski definition) is 2. The van der Waals surface area contributed by atoms with E-state index in [4.69, 9.17) is 9.47 Å². The van der Waals surface area contributed by atoms with Gasteiger partial charge in [-0.05, 0) is 62.2 Å². The van der Waals surface area contributed by atoms with Gasteiger partial charge in [0.2, 0.25) is 0 Å². The summed E-state index contributed by atoms with van der Waals surface area (Å²) in [5, 5.41) is 5.16. The molecular weight excluding hydrogens is 372 g/mol. The summed E-state index contributed by atoms with van der Waals surface area (Å²) in [5.74, 6) is -0.903. The Hall–Kier alpha value is -3.35. The zero-order valence-electron chi connectivity index (χ0n) is 16.9. The van der Waals surface area contributed by atoms with Crippen LogP contribution in [0.25, 0.3) is 0 Å². The number of amides is 2. The number of benzene rings is 2. The molecule has 2 N–H and O–H groups in total. The molecule has 7 nitrogen and oxygen atoms in total. The number of aryl methyl sites for hydroxylation is 1. The van der Waals surface area contributed by atoms with Gasteiger partial charge in [-0.3, -0.25) is 14.4 Å². The van der Waals surface area contributed by atoms with Gasteiger partial charge >= 0.3 is 5.97 Å². The zero-order valence-corrected chi connectivity index (χ0v) is 16.9. The lowest BCUT2D eigenvalue weighted by Crippen LogP contribution is -2.35. The van der Waals surface area contributed by atoms with Gasteiger partial charge in [-0.1, -0.05) is 19.1 Å². The highest BCUT2D eigenvalue weighted by Gasteiger charge is 2.18. The summed E-state index contributed by atoms with van der Waals surface area (Å²) in [6, 6.07) is 14.0. The Bertz CT molecular complexity index is 831. The van der Waals surface area contributed by atoms with Gasteiger partial charge in [0.1, 0.15) is 12.3 Å². The summed E-state index contributed by atoms with van der Waals surface area (Å²) < 4.78 is 10.4. The van der Waals surface area contributed by atoms with Crippen LogP contribution in [0.1, 0.15) is 36.7 Å². The molecule has 0 saturated heterocycles. The number of carbonyl (C=O) groups is 3. The van der Waals surface area contributed by atoms with Gasteiger partial charge in [0.25, 0.3) is 11.8 Å². The zero-order chi connectivity index (χ0) is 21.2. The number of esters is 1. The van der Waals surface area contributed by atoms with E-state index in [1.807, 2.05) is 26.0 Å².